The number of rotatable bonds is 3. The average Bonchev–Trinajstić information content (AvgIpc) is 2.46. The molecule has 0 atom stereocenters. The highest BCUT2D eigenvalue weighted by molar-refractivity contribution is 9.10. The van der Waals surface area contributed by atoms with Crippen molar-refractivity contribution in [1.82, 2.24) is 4.90 Å². The van der Waals surface area contributed by atoms with Crippen molar-refractivity contribution >= 4 is 39.8 Å². The summed E-state index contributed by atoms with van der Waals surface area (Å²) in [6, 6.07) is 5.68. The SMILES string of the molecule is CC(C)(C)OC(=O)N1CCN(c2ccc(NC=O)cc2Br)CC1. The number of carbonyl (C=O) groups excluding carboxylic acids is 2. The van der Waals surface area contributed by atoms with Crippen LogP contribution in [0.4, 0.5) is 16.2 Å². The second kappa shape index (κ2) is 7.21. The number of nitrogens with one attached hydrogen (secondary N) is 1. The van der Waals surface area contributed by atoms with E-state index in [2.05, 4.69) is 26.1 Å². The second-order valence-corrected chi connectivity index (χ2v) is 7.24. The van der Waals surface area contributed by atoms with Crippen molar-refractivity contribution in [1.29, 1.82) is 0 Å². The zero-order valence-electron chi connectivity index (χ0n) is 13.6. The van der Waals surface area contributed by atoms with Crippen molar-refractivity contribution < 1.29 is 14.3 Å². The molecule has 1 aliphatic rings. The first-order valence-corrected chi connectivity index (χ1v) is 8.32. The van der Waals surface area contributed by atoms with Crippen molar-refractivity contribution in [2.45, 2.75) is 26.4 Å². The van der Waals surface area contributed by atoms with Crippen molar-refractivity contribution in [3.63, 3.8) is 0 Å². The summed E-state index contributed by atoms with van der Waals surface area (Å²) in [6.45, 7) is 8.32. The quantitative estimate of drug-likeness (QED) is 0.814. The van der Waals surface area contributed by atoms with Gasteiger partial charge in [-0.3, -0.25) is 4.79 Å². The van der Waals surface area contributed by atoms with Crippen LogP contribution in [0.2, 0.25) is 0 Å². The minimum atomic E-state index is -0.474. The maximum Gasteiger partial charge on any atom is 0.410 e. The normalized spacial score (nSPS) is 15.3. The molecule has 2 amide bonds. The third-order valence-corrected chi connectivity index (χ3v) is 4.08. The van der Waals surface area contributed by atoms with E-state index in [1.807, 2.05) is 39.0 Å². The Balaban J connectivity index is 1.96. The van der Waals surface area contributed by atoms with E-state index in [9.17, 15) is 9.59 Å². The van der Waals surface area contributed by atoms with Crippen molar-refractivity contribution in [2.24, 2.45) is 0 Å². The van der Waals surface area contributed by atoms with Gasteiger partial charge in [0, 0.05) is 36.3 Å². The van der Waals surface area contributed by atoms with E-state index in [1.165, 1.54) is 0 Å². The monoisotopic (exact) mass is 383 g/mol. The maximum absolute atomic E-state index is 12.1. The van der Waals surface area contributed by atoms with Crippen LogP contribution >= 0.6 is 15.9 Å². The molecule has 7 heteroatoms. The van der Waals surface area contributed by atoms with Crippen LogP contribution < -0.4 is 10.2 Å². The number of hydrogen-bond donors (Lipinski definition) is 1. The molecule has 1 fully saturated rings. The molecule has 23 heavy (non-hydrogen) atoms. The van der Waals surface area contributed by atoms with Gasteiger partial charge in [-0.05, 0) is 54.9 Å². The molecule has 0 radical (unpaired) electrons. The Labute approximate surface area is 144 Å². The molecule has 0 spiro atoms. The van der Waals surface area contributed by atoms with Gasteiger partial charge >= 0.3 is 6.09 Å². The van der Waals surface area contributed by atoms with E-state index >= 15 is 0 Å². The molecule has 6 nitrogen and oxygen atoms in total. The Hall–Kier alpha value is -1.76. The molecule has 0 bridgehead atoms. The number of halogens is 1. The van der Waals surface area contributed by atoms with Crippen LogP contribution in [0.15, 0.2) is 22.7 Å². The highest BCUT2D eigenvalue weighted by Gasteiger charge is 2.26. The van der Waals surface area contributed by atoms with Gasteiger partial charge in [0.2, 0.25) is 6.41 Å². The van der Waals surface area contributed by atoms with Crippen LogP contribution in [0.3, 0.4) is 0 Å². The molecule has 0 aliphatic carbocycles. The number of piperazine rings is 1. The first kappa shape index (κ1) is 17.6. The van der Waals surface area contributed by atoms with E-state index in [0.717, 1.165) is 28.9 Å². The van der Waals surface area contributed by atoms with Gasteiger partial charge in [-0.1, -0.05) is 0 Å². The standard InChI is InChI=1S/C16H22BrN3O3/c1-16(2,3)23-15(22)20-8-6-19(7-9-20)14-5-4-12(18-11-21)10-13(14)17/h4-5,10-11H,6-9H2,1-3H3,(H,18,21). The first-order chi connectivity index (χ1) is 10.8. The minimum absolute atomic E-state index is 0.262. The van der Waals surface area contributed by atoms with E-state index in [1.54, 1.807) is 4.90 Å². The Morgan fingerprint density at radius 1 is 1.26 bits per heavy atom. The van der Waals surface area contributed by atoms with Crippen molar-refractivity contribution in [3.8, 4) is 0 Å². The van der Waals surface area contributed by atoms with Gasteiger partial charge in [0.1, 0.15) is 5.60 Å². The van der Waals surface area contributed by atoms with Gasteiger partial charge in [-0.25, -0.2) is 4.79 Å². The molecule has 1 aliphatic heterocycles. The van der Waals surface area contributed by atoms with Crippen molar-refractivity contribution in [3.05, 3.63) is 22.7 Å². The summed E-state index contributed by atoms with van der Waals surface area (Å²) in [5, 5.41) is 2.62. The lowest BCUT2D eigenvalue weighted by Crippen LogP contribution is -2.50. The Morgan fingerprint density at radius 2 is 1.91 bits per heavy atom. The molecule has 1 heterocycles. The Bertz CT molecular complexity index is 578. The molecule has 1 saturated heterocycles. The van der Waals surface area contributed by atoms with E-state index in [0.29, 0.717) is 19.5 Å². The molecule has 1 N–H and O–H groups in total. The number of hydrogen-bond acceptors (Lipinski definition) is 4. The predicted octanol–water partition coefficient (Wildman–Crippen LogP) is 3.07. The van der Waals surface area contributed by atoms with Crippen LogP contribution in [-0.4, -0.2) is 49.2 Å². The van der Waals surface area contributed by atoms with Gasteiger partial charge in [-0.15, -0.1) is 0 Å². The lowest BCUT2D eigenvalue weighted by molar-refractivity contribution is -0.105. The predicted molar refractivity (Wildman–Crippen MR) is 93.8 cm³/mol. The molecular formula is C16H22BrN3O3. The number of benzene rings is 1. The summed E-state index contributed by atoms with van der Waals surface area (Å²) in [5.74, 6) is 0. The van der Waals surface area contributed by atoms with E-state index in [-0.39, 0.29) is 6.09 Å². The number of amides is 2. The van der Waals surface area contributed by atoms with Crippen LogP contribution in [0.25, 0.3) is 0 Å². The van der Waals surface area contributed by atoms with Gasteiger partial charge < -0.3 is 19.9 Å². The van der Waals surface area contributed by atoms with Crippen LogP contribution in [-0.2, 0) is 9.53 Å². The topological polar surface area (TPSA) is 61.9 Å². The molecule has 0 aromatic heterocycles. The lowest BCUT2D eigenvalue weighted by Gasteiger charge is -2.37. The Morgan fingerprint density at radius 3 is 2.43 bits per heavy atom. The minimum Gasteiger partial charge on any atom is -0.444 e. The summed E-state index contributed by atoms with van der Waals surface area (Å²) < 4.78 is 6.31. The maximum atomic E-state index is 12.1. The van der Waals surface area contributed by atoms with Gasteiger partial charge in [-0.2, -0.15) is 0 Å². The highest BCUT2D eigenvalue weighted by Crippen LogP contribution is 2.30. The molecule has 0 saturated carbocycles. The Kier molecular flexibility index (Phi) is 5.51. The summed E-state index contributed by atoms with van der Waals surface area (Å²) in [5.41, 5.74) is 1.31. The van der Waals surface area contributed by atoms with Gasteiger partial charge in [0.15, 0.2) is 0 Å². The molecule has 0 unspecified atom stereocenters. The number of carbonyl (C=O) groups is 2. The smallest absolute Gasteiger partial charge is 0.410 e. The van der Waals surface area contributed by atoms with E-state index in [4.69, 9.17) is 4.74 Å². The molecular weight excluding hydrogens is 362 g/mol. The first-order valence-electron chi connectivity index (χ1n) is 7.53. The number of anilines is 2. The summed E-state index contributed by atoms with van der Waals surface area (Å²) in [4.78, 5) is 26.5. The summed E-state index contributed by atoms with van der Waals surface area (Å²) in [6.07, 6.45) is 0.392. The van der Waals surface area contributed by atoms with Crippen LogP contribution in [0, 0.1) is 0 Å². The fourth-order valence-corrected chi connectivity index (χ4v) is 3.01. The molecule has 1 aromatic rings. The largest absolute Gasteiger partial charge is 0.444 e. The molecule has 2 rings (SSSR count). The third kappa shape index (κ3) is 4.86. The van der Waals surface area contributed by atoms with Crippen LogP contribution in [0.1, 0.15) is 20.8 Å². The fraction of sp³-hybridized carbons (Fsp3) is 0.500. The van der Waals surface area contributed by atoms with E-state index < -0.39 is 5.60 Å². The molecule has 126 valence electrons. The number of nitrogens with zero attached hydrogens (tertiary/aromatic N) is 2. The average molecular weight is 384 g/mol. The second-order valence-electron chi connectivity index (χ2n) is 6.38. The number of ether oxygens (including phenoxy) is 1. The lowest BCUT2D eigenvalue weighted by atomic mass is 10.2. The zero-order chi connectivity index (χ0) is 17.0. The van der Waals surface area contributed by atoms with Crippen molar-refractivity contribution in [2.75, 3.05) is 36.4 Å². The summed E-state index contributed by atoms with van der Waals surface area (Å²) >= 11 is 3.53. The summed E-state index contributed by atoms with van der Waals surface area (Å²) in [7, 11) is 0. The molecule has 1 aromatic carbocycles. The highest BCUT2D eigenvalue weighted by atomic mass is 79.9. The van der Waals surface area contributed by atoms with Gasteiger partial charge in [0.05, 0.1) is 5.69 Å². The van der Waals surface area contributed by atoms with Gasteiger partial charge in [0.25, 0.3) is 0 Å². The zero-order valence-corrected chi connectivity index (χ0v) is 15.2. The fourth-order valence-electron chi connectivity index (χ4n) is 2.38. The third-order valence-electron chi connectivity index (χ3n) is 3.45. The van der Waals surface area contributed by atoms with Crippen LogP contribution in [0.5, 0.6) is 0 Å².